The van der Waals surface area contributed by atoms with Crippen LogP contribution in [0.25, 0.3) is 0 Å². The molecule has 2 rings (SSSR count). The quantitative estimate of drug-likeness (QED) is 0.683. The Kier molecular flexibility index (Phi) is 4.33. The number of rotatable bonds is 4. The zero-order chi connectivity index (χ0) is 17.2. The number of nitrogens with one attached hydrogen (secondary N) is 1. The van der Waals surface area contributed by atoms with Crippen LogP contribution in [0.4, 0.5) is 11.4 Å². The highest BCUT2D eigenvalue weighted by molar-refractivity contribution is 7.92. The Hall–Kier alpha value is -2.92. The molecular weight excluding hydrogens is 318 g/mol. The predicted octanol–water partition coefficient (Wildman–Crippen LogP) is 2.88. The number of nitrogens with zero attached hydrogens (tertiary/aromatic N) is 2. The molecule has 8 heteroatoms. The fourth-order valence-electron chi connectivity index (χ4n) is 2.02. The van der Waals surface area contributed by atoms with E-state index in [1.54, 1.807) is 13.8 Å². The first-order chi connectivity index (χ1) is 10.7. The van der Waals surface area contributed by atoms with Crippen LogP contribution in [0.3, 0.4) is 0 Å². The Labute approximate surface area is 133 Å². The zero-order valence-corrected chi connectivity index (χ0v) is 13.2. The van der Waals surface area contributed by atoms with Crippen LogP contribution in [0, 0.1) is 35.3 Å². The van der Waals surface area contributed by atoms with Crippen LogP contribution in [0.2, 0.25) is 0 Å². The molecule has 0 saturated carbocycles. The molecule has 118 valence electrons. The van der Waals surface area contributed by atoms with Crippen LogP contribution >= 0.6 is 0 Å². The van der Waals surface area contributed by atoms with Gasteiger partial charge < -0.3 is 0 Å². The summed E-state index contributed by atoms with van der Waals surface area (Å²) in [5.41, 5.74) is 1.34. The monoisotopic (exact) mass is 331 g/mol. The summed E-state index contributed by atoms with van der Waals surface area (Å²) in [6, 6.07) is 10.2. The molecule has 0 aliphatic carbocycles. The van der Waals surface area contributed by atoms with Gasteiger partial charge in [-0.3, -0.25) is 14.8 Å². The predicted molar refractivity (Wildman–Crippen MR) is 84.5 cm³/mol. The Bertz CT molecular complexity index is 913. The van der Waals surface area contributed by atoms with Gasteiger partial charge in [-0.1, -0.05) is 0 Å². The number of non-ortho nitro benzene ring substituents is 1. The summed E-state index contributed by atoms with van der Waals surface area (Å²) in [7, 11) is -3.98. The van der Waals surface area contributed by atoms with Crippen LogP contribution in [-0.4, -0.2) is 13.3 Å². The average molecular weight is 331 g/mol. The van der Waals surface area contributed by atoms with E-state index in [9.17, 15) is 18.5 Å². The molecule has 0 unspecified atom stereocenters. The van der Waals surface area contributed by atoms with Crippen LogP contribution in [0.5, 0.6) is 0 Å². The van der Waals surface area contributed by atoms with Gasteiger partial charge in [0.2, 0.25) is 0 Å². The molecule has 23 heavy (non-hydrogen) atoms. The summed E-state index contributed by atoms with van der Waals surface area (Å²) in [6.07, 6.45) is 0. The lowest BCUT2D eigenvalue weighted by molar-refractivity contribution is -0.385. The second-order valence-corrected chi connectivity index (χ2v) is 6.59. The van der Waals surface area contributed by atoms with Crippen molar-refractivity contribution in [2.24, 2.45) is 0 Å². The Morgan fingerprint density at radius 1 is 1.17 bits per heavy atom. The van der Waals surface area contributed by atoms with Gasteiger partial charge in [-0.2, -0.15) is 5.26 Å². The third-order valence-electron chi connectivity index (χ3n) is 3.37. The van der Waals surface area contributed by atoms with Crippen molar-refractivity contribution in [2.45, 2.75) is 18.7 Å². The second-order valence-electron chi connectivity index (χ2n) is 4.94. The molecule has 0 fully saturated rings. The molecule has 0 saturated heterocycles. The van der Waals surface area contributed by atoms with E-state index in [0.717, 1.165) is 6.07 Å². The smallest absolute Gasteiger partial charge is 0.271 e. The van der Waals surface area contributed by atoms with Gasteiger partial charge in [0.15, 0.2) is 0 Å². The molecule has 1 N–H and O–H groups in total. The minimum atomic E-state index is -3.98. The molecule has 7 nitrogen and oxygen atoms in total. The van der Waals surface area contributed by atoms with Crippen molar-refractivity contribution in [3.8, 4) is 6.07 Å². The highest BCUT2D eigenvalue weighted by atomic mass is 32.2. The van der Waals surface area contributed by atoms with Crippen molar-refractivity contribution in [3.05, 3.63) is 63.2 Å². The lowest BCUT2D eigenvalue weighted by Crippen LogP contribution is -2.15. The Balaban J connectivity index is 2.46. The van der Waals surface area contributed by atoms with Crippen molar-refractivity contribution in [2.75, 3.05) is 4.72 Å². The van der Waals surface area contributed by atoms with Crippen molar-refractivity contribution < 1.29 is 13.3 Å². The molecule has 0 bridgehead atoms. The van der Waals surface area contributed by atoms with Crippen LogP contribution < -0.4 is 4.72 Å². The van der Waals surface area contributed by atoms with Gasteiger partial charge in [0.1, 0.15) is 0 Å². The third-order valence-corrected chi connectivity index (χ3v) is 4.88. The zero-order valence-electron chi connectivity index (χ0n) is 12.4. The van der Waals surface area contributed by atoms with Crippen molar-refractivity contribution in [1.82, 2.24) is 0 Å². The largest absolute Gasteiger partial charge is 0.280 e. The number of hydrogen-bond acceptors (Lipinski definition) is 5. The normalized spacial score (nSPS) is 10.8. The number of hydrogen-bond donors (Lipinski definition) is 1. The first-order valence-corrected chi connectivity index (χ1v) is 8.01. The molecule has 0 aliphatic rings. The Morgan fingerprint density at radius 3 is 2.30 bits per heavy atom. The molecule has 2 aromatic rings. The van der Waals surface area contributed by atoms with E-state index >= 15 is 0 Å². The van der Waals surface area contributed by atoms with Crippen molar-refractivity contribution >= 4 is 21.4 Å². The topological polar surface area (TPSA) is 113 Å². The summed E-state index contributed by atoms with van der Waals surface area (Å²) in [5.74, 6) is 0. The summed E-state index contributed by atoms with van der Waals surface area (Å²) < 4.78 is 27.4. The van der Waals surface area contributed by atoms with Gasteiger partial charge in [0.05, 0.1) is 21.5 Å². The van der Waals surface area contributed by atoms with Crippen LogP contribution in [0.15, 0.2) is 41.3 Å². The summed E-state index contributed by atoms with van der Waals surface area (Å²) in [5, 5.41) is 19.7. The van der Waals surface area contributed by atoms with E-state index in [4.69, 9.17) is 5.26 Å². The maximum atomic E-state index is 12.5. The minimum Gasteiger partial charge on any atom is -0.280 e. The third kappa shape index (κ3) is 3.46. The van der Waals surface area contributed by atoms with Crippen LogP contribution in [0.1, 0.15) is 16.7 Å². The molecular formula is C15H13N3O4S. The maximum Gasteiger partial charge on any atom is 0.271 e. The number of nitro benzene ring substituents is 1. The molecule has 0 amide bonds. The van der Waals surface area contributed by atoms with Gasteiger partial charge in [0.25, 0.3) is 15.7 Å². The van der Waals surface area contributed by atoms with Gasteiger partial charge in [0, 0.05) is 17.8 Å². The lowest BCUT2D eigenvalue weighted by atomic mass is 10.1. The van der Waals surface area contributed by atoms with E-state index in [1.165, 1.54) is 30.3 Å². The molecule has 2 aromatic carbocycles. The molecule has 0 atom stereocenters. The SMILES string of the molecule is Cc1cc([N+](=O)[O-])cc(S(=O)(=O)Nc2ccc(C#N)cc2)c1C. The van der Waals surface area contributed by atoms with Crippen molar-refractivity contribution in [1.29, 1.82) is 5.26 Å². The van der Waals surface area contributed by atoms with E-state index in [-0.39, 0.29) is 16.3 Å². The fraction of sp³-hybridized carbons (Fsp3) is 0.133. The van der Waals surface area contributed by atoms with Gasteiger partial charge in [-0.05, 0) is 49.2 Å². The number of benzene rings is 2. The second kappa shape index (κ2) is 6.06. The fourth-order valence-corrected chi connectivity index (χ4v) is 3.41. The number of sulfonamides is 1. The van der Waals surface area contributed by atoms with Crippen LogP contribution in [-0.2, 0) is 10.0 Å². The minimum absolute atomic E-state index is 0.145. The van der Waals surface area contributed by atoms with E-state index in [1.807, 2.05) is 6.07 Å². The standard InChI is InChI=1S/C15H13N3O4S/c1-10-7-14(18(19)20)8-15(11(10)2)23(21,22)17-13-5-3-12(9-16)4-6-13/h3-8,17H,1-2H3. The van der Waals surface area contributed by atoms with Gasteiger partial charge >= 0.3 is 0 Å². The summed E-state index contributed by atoms with van der Waals surface area (Å²) >= 11 is 0. The number of aryl methyl sites for hydroxylation is 1. The number of nitro groups is 1. The van der Waals surface area contributed by atoms with E-state index in [2.05, 4.69) is 4.72 Å². The average Bonchev–Trinajstić information content (AvgIpc) is 2.49. The van der Waals surface area contributed by atoms with Gasteiger partial charge in [-0.25, -0.2) is 8.42 Å². The molecule has 0 radical (unpaired) electrons. The Morgan fingerprint density at radius 2 is 1.78 bits per heavy atom. The van der Waals surface area contributed by atoms with E-state index in [0.29, 0.717) is 16.7 Å². The summed E-state index contributed by atoms with van der Waals surface area (Å²) in [4.78, 5) is 10.2. The van der Waals surface area contributed by atoms with Gasteiger partial charge in [-0.15, -0.1) is 0 Å². The molecule has 0 aromatic heterocycles. The summed E-state index contributed by atoms with van der Waals surface area (Å²) in [6.45, 7) is 3.20. The maximum absolute atomic E-state index is 12.5. The molecule has 0 spiro atoms. The first kappa shape index (κ1) is 16.5. The first-order valence-electron chi connectivity index (χ1n) is 6.53. The van der Waals surface area contributed by atoms with Crippen molar-refractivity contribution in [3.63, 3.8) is 0 Å². The highest BCUT2D eigenvalue weighted by Crippen LogP contribution is 2.27. The van der Waals surface area contributed by atoms with E-state index < -0.39 is 14.9 Å². The molecule has 0 heterocycles. The lowest BCUT2D eigenvalue weighted by Gasteiger charge is -2.12. The number of anilines is 1. The number of nitriles is 1. The highest BCUT2D eigenvalue weighted by Gasteiger charge is 2.22. The molecule has 0 aliphatic heterocycles.